The molecule has 1 aliphatic rings. The van der Waals surface area contributed by atoms with E-state index in [9.17, 15) is 0 Å². The van der Waals surface area contributed by atoms with Crippen molar-refractivity contribution in [1.29, 1.82) is 0 Å². The van der Waals surface area contributed by atoms with Crippen LogP contribution in [0.2, 0.25) is 0 Å². The van der Waals surface area contributed by atoms with Gasteiger partial charge in [0.05, 0.1) is 6.61 Å². The van der Waals surface area contributed by atoms with Gasteiger partial charge in [0.2, 0.25) is 0 Å². The van der Waals surface area contributed by atoms with Crippen molar-refractivity contribution in [3.63, 3.8) is 0 Å². The highest BCUT2D eigenvalue weighted by Crippen LogP contribution is 2.22. The molecule has 0 radical (unpaired) electrons. The predicted octanol–water partition coefficient (Wildman–Crippen LogP) is 1.33. The second kappa shape index (κ2) is 5.28. The number of piperidine rings is 1. The summed E-state index contributed by atoms with van der Waals surface area (Å²) < 4.78 is 5.24. The smallest absolute Gasteiger partial charge is 0.0525 e. The van der Waals surface area contributed by atoms with Crippen LogP contribution in [0.4, 0.5) is 0 Å². The molecule has 1 rings (SSSR count). The quantitative estimate of drug-likeness (QED) is 0.767. The number of hydrogen-bond acceptors (Lipinski definition) is 3. The molecule has 2 atom stereocenters. The maximum atomic E-state index is 6.01. The fourth-order valence-corrected chi connectivity index (χ4v) is 2.44. The third-order valence-corrected chi connectivity index (χ3v) is 3.24. The normalized spacial score (nSPS) is 29.4. The van der Waals surface area contributed by atoms with E-state index in [0.717, 1.165) is 32.7 Å². The fourth-order valence-electron chi connectivity index (χ4n) is 2.44. The zero-order chi connectivity index (χ0) is 11.5. The van der Waals surface area contributed by atoms with Gasteiger partial charge in [-0.2, -0.15) is 0 Å². The summed E-state index contributed by atoms with van der Waals surface area (Å²) in [6, 6.07) is 0.395. The lowest BCUT2D eigenvalue weighted by molar-refractivity contribution is 0.0517. The predicted molar refractivity (Wildman–Crippen MR) is 63.9 cm³/mol. The van der Waals surface area contributed by atoms with E-state index in [4.69, 9.17) is 10.5 Å². The van der Waals surface area contributed by atoms with Gasteiger partial charge in [-0.3, -0.25) is 0 Å². The van der Waals surface area contributed by atoms with Crippen LogP contribution in [0.3, 0.4) is 0 Å². The van der Waals surface area contributed by atoms with Gasteiger partial charge in [0.1, 0.15) is 0 Å². The number of methoxy groups -OCH3 is 1. The molecule has 0 aromatic rings. The minimum absolute atomic E-state index is 0.246. The molecule has 0 amide bonds. The molecule has 0 aromatic heterocycles. The standard InChI is InChI=1S/C12H26N2O/c1-10-7-14(6-5-11(10)13)8-12(2,3)9-15-4/h10-11H,5-9,13H2,1-4H3. The average molecular weight is 214 g/mol. The van der Waals surface area contributed by atoms with Crippen molar-refractivity contribution in [3.05, 3.63) is 0 Å². The Morgan fingerprint density at radius 1 is 1.47 bits per heavy atom. The molecule has 90 valence electrons. The minimum Gasteiger partial charge on any atom is -0.384 e. The Bertz CT molecular complexity index is 194. The lowest BCUT2D eigenvalue weighted by atomic mass is 9.90. The van der Waals surface area contributed by atoms with Crippen molar-refractivity contribution in [2.24, 2.45) is 17.1 Å². The lowest BCUT2D eigenvalue weighted by Crippen LogP contribution is -2.49. The minimum atomic E-state index is 0.246. The third kappa shape index (κ3) is 4.09. The van der Waals surface area contributed by atoms with Crippen molar-refractivity contribution in [3.8, 4) is 0 Å². The van der Waals surface area contributed by atoms with E-state index >= 15 is 0 Å². The lowest BCUT2D eigenvalue weighted by Gasteiger charge is -2.39. The van der Waals surface area contributed by atoms with Crippen LogP contribution in [0.5, 0.6) is 0 Å². The summed E-state index contributed by atoms with van der Waals surface area (Å²) in [7, 11) is 1.77. The Kier molecular flexibility index (Phi) is 4.56. The highest BCUT2D eigenvalue weighted by Gasteiger charge is 2.27. The Morgan fingerprint density at radius 3 is 2.67 bits per heavy atom. The molecule has 0 spiro atoms. The van der Waals surface area contributed by atoms with Gasteiger partial charge in [0.15, 0.2) is 0 Å². The van der Waals surface area contributed by atoms with Crippen LogP contribution in [0.15, 0.2) is 0 Å². The molecule has 1 aliphatic heterocycles. The molecular formula is C12H26N2O. The van der Waals surface area contributed by atoms with Gasteiger partial charge < -0.3 is 15.4 Å². The van der Waals surface area contributed by atoms with Crippen molar-refractivity contribution in [2.45, 2.75) is 33.2 Å². The van der Waals surface area contributed by atoms with Crippen LogP contribution in [0, 0.1) is 11.3 Å². The summed E-state index contributed by atoms with van der Waals surface area (Å²) in [5.74, 6) is 0.622. The summed E-state index contributed by atoms with van der Waals surface area (Å²) in [6.45, 7) is 11.0. The largest absolute Gasteiger partial charge is 0.384 e. The van der Waals surface area contributed by atoms with Gasteiger partial charge in [0, 0.05) is 31.7 Å². The van der Waals surface area contributed by atoms with E-state index in [1.165, 1.54) is 0 Å². The summed E-state index contributed by atoms with van der Waals surface area (Å²) in [6.07, 6.45) is 1.13. The van der Waals surface area contributed by atoms with Gasteiger partial charge in [-0.25, -0.2) is 0 Å². The van der Waals surface area contributed by atoms with Crippen molar-refractivity contribution >= 4 is 0 Å². The van der Waals surface area contributed by atoms with E-state index in [2.05, 4.69) is 25.7 Å². The molecule has 15 heavy (non-hydrogen) atoms. The maximum Gasteiger partial charge on any atom is 0.0525 e. The second-order valence-electron chi connectivity index (χ2n) is 5.76. The Labute approximate surface area is 94.0 Å². The molecule has 1 heterocycles. The van der Waals surface area contributed by atoms with Crippen LogP contribution < -0.4 is 5.73 Å². The monoisotopic (exact) mass is 214 g/mol. The molecule has 2 unspecified atom stereocenters. The van der Waals surface area contributed by atoms with Gasteiger partial charge >= 0.3 is 0 Å². The molecule has 3 heteroatoms. The van der Waals surface area contributed by atoms with Crippen LogP contribution >= 0.6 is 0 Å². The Morgan fingerprint density at radius 2 is 2.13 bits per heavy atom. The highest BCUT2D eigenvalue weighted by molar-refractivity contribution is 4.83. The van der Waals surface area contributed by atoms with Gasteiger partial charge in [-0.1, -0.05) is 20.8 Å². The number of nitrogens with two attached hydrogens (primary N) is 1. The first kappa shape index (κ1) is 12.9. The van der Waals surface area contributed by atoms with E-state index in [0.29, 0.717) is 12.0 Å². The number of ether oxygens (including phenoxy) is 1. The second-order valence-corrected chi connectivity index (χ2v) is 5.76. The first-order chi connectivity index (χ1) is 6.94. The SMILES string of the molecule is COCC(C)(C)CN1CCC(N)C(C)C1. The summed E-state index contributed by atoms with van der Waals surface area (Å²) in [5, 5.41) is 0. The number of rotatable bonds is 4. The molecule has 1 fully saturated rings. The van der Waals surface area contributed by atoms with Gasteiger partial charge in [0.25, 0.3) is 0 Å². The molecule has 0 aromatic carbocycles. The third-order valence-electron chi connectivity index (χ3n) is 3.24. The van der Waals surface area contributed by atoms with Crippen molar-refractivity contribution in [2.75, 3.05) is 33.4 Å². The maximum absolute atomic E-state index is 6.01. The topological polar surface area (TPSA) is 38.5 Å². The number of hydrogen-bond donors (Lipinski definition) is 1. The first-order valence-electron chi connectivity index (χ1n) is 5.91. The first-order valence-corrected chi connectivity index (χ1v) is 5.91. The van der Waals surface area contributed by atoms with E-state index in [1.54, 1.807) is 7.11 Å². The summed E-state index contributed by atoms with van der Waals surface area (Å²) >= 11 is 0. The summed E-state index contributed by atoms with van der Waals surface area (Å²) in [4.78, 5) is 2.52. The summed E-state index contributed by atoms with van der Waals surface area (Å²) in [5.41, 5.74) is 6.26. The van der Waals surface area contributed by atoms with Crippen molar-refractivity contribution < 1.29 is 4.74 Å². The van der Waals surface area contributed by atoms with Gasteiger partial charge in [-0.15, -0.1) is 0 Å². The molecule has 0 saturated carbocycles. The van der Waals surface area contributed by atoms with Crippen LogP contribution in [-0.4, -0.2) is 44.3 Å². The van der Waals surface area contributed by atoms with E-state index < -0.39 is 0 Å². The molecule has 2 N–H and O–H groups in total. The highest BCUT2D eigenvalue weighted by atomic mass is 16.5. The molecule has 1 saturated heterocycles. The van der Waals surface area contributed by atoms with Crippen molar-refractivity contribution in [1.82, 2.24) is 4.90 Å². The Hall–Kier alpha value is -0.120. The van der Waals surface area contributed by atoms with E-state index in [1.807, 2.05) is 0 Å². The molecule has 0 bridgehead atoms. The molecule has 3 nitrogen and oxygen atoms in total. The number of likely N-dealkylation sites (tertiary alicyclic amines) is 1. The molecule has 0 aliphatic carbocycles. The Balaban J connectivity index is 2.39. The fraction of sp³-hybridized carbons (Fsp3) is 1.00. The zero-order valence-corrected chi connectivity index (χ0v) is 10.6. The van der Waals surface area contributed by atoms with Gasteiger partial charge in [-0.05, 0) is 18.9 Å². The van der Waals surface area contributed by atoms with Crippen LogP contribution in [0.25, 0.3) is 0 Å². The zero-order valence-electron chi connectivity index (χ0n) is 10.6. The molecular weight excluding hydrogens is 188 g/mol. The van der Waals surface area contributed by atoms with Crippen LogP contribution in [-0.2, 0) is 4.74 Å². The van der Waals surface area contributed by atoms with Crippen LogP contribution in [0.1, 0.15) is 27.2 Å². The van der Waals surface area contributed by atoms with E-state index in [-0.39, 0.29) is 5.41 Å². The number of nitrogens with zero attached hydrogens (tertiary/aromatic N) is 1. The average Bonchev–Trinajstić information content (AvgIpc) is 2.10.